The Morgan fingerprint density at radius 2 is 2.21 bits per heavy atom. The van der Waals surface area contributed by atoms with Gasteiger partial charge in [0, 0.05) is 5.69 Å². The van der Waals surface area contributed by atoms with E-state index in [9.17, 15) is 9.90 Å². The first-order valence-electron chi connectivity index (χ1n) is 4.06. The first-order valence-corrected chi connectivity index (χ1v) is 4.06. The van der Waals surface area contributed by atoms with Gasteiger partial charge in [0.2, 0.25) is 0 Å². The van der Waals surface area contributed by atoms with Gasteiger partial charge in [-0.25, -0.2) is 4.79 Å². The van der Waals surface area contributed by atoms with Crippen molar-refractivity contribution in [2.24, 2.45) is 0 Å². The summed E-state index contributed by atoms with van der Waals surface area (Å²) < 4.78 is 0. The van der Waals surface area contributed by atoms with Crippen molar-refractivity contribution < 1.29 is 15.0 Å². The van der Waals surface area contributed by atoms with Crippen molar-refractivity contribution in [1.82, 2.24) is 4.98 Å². The fraction of sp³-hybridized carbons (Fsp3) is 0.200. The molecule has 1 unspecified atom stereocenters. The van der Waals surface area contributed by atoms with Crippen molar-refractivity contribution in [3.8, 4) is 0 Å². The van der Waals surface area contributed by atoms with Crippen LogP contribution in [0, 0.1) is 6.92 Å². The normalized spacial score (nSPS) is 12.1. The fourth-order valence-corrected chi connectivity index (χ4v) is 1.01. The van der Waals surface area contributed by atoms with Crippen LogP contribution in [0.15, 0.2) is 30.4 Å². The van der Waals surface area contributed by atoms with Crippen LogP contribution in [0.25, 0.3) is 0 Å². The molecule has 0 aliphatic heterocycles. The molecular formula is C10H11NO3. The van der Waals surface area contributed by atoms with Crippen molar-refractivity contribution in [3.05, 3.63) is 41.7 Å². The second-order valence-corrected chi connectivity index (χ2v) is 2.94. The summed E-state index contributed by atoms with van der Waals surface area (Å²) in [5, 5.41) is 18.1. The molecule has 1 aromatic heterocycles. The van der Waals surface area contributed by atoms with E-state index >= 15 is 0 Å². The summed E-state index contributed by atoms with van der Waals surface area (Å²) in [6, 6.07) is 5.03. The number of aromatic nitrogens is 1. The first kappa shape index (κ1) is 10.4. The molecule has 74 valence electrons. The maximum Gasteiger partial charge on any atom is 0.334 e. The van der Waals surface area contributed by atoms with Crippen LogP contribution in [0.2, 0.25) is 0 Å². The molecule has 4 heteroatoms. The number of aliphatic hydroxyl groups is 1. The van der Waals surface area contributed by atoms with E-state index in [2.05, 4.69) is 11.6 Å². The monoisotopic (exact) mass is 193 g/mol. The highest BCUT2D eigenvalue weighted by atomic mass is 16.4. The van der Waals surface area contributed by atoms with Crippen molar-refractivity contribution in [3.63, 3.8) is 0 Å². The predicted molar refractivity (Wildman–Crippen MR) is 50.7 cm³/mol. The Bertz CT molecular complexity index is 373. The summed E-state index contributed by atoms with van der Waals surface area (Å²) in [4.78, 5) is 14.5. The molecule has 1 heterocycles. The third-order valence-corrected chi connectivity index (χ3v) is 1.79. The zero-order valence-electron chi connectivity index (χ0n) is 7.77. The zero-order valence-corrected chi connectivity index (χ0v) is 7.77. The van der Waals surface area contributed by atoms with Crippen LogP contribution >= 0.6 is 0 Å². The summed E-state index contributed by atoms with van der Waals surface area (Å²) in [5.74, 6) is -1.22. The number of aliphatic carboxylic acids is 1. The molecule has 1 rings (SSSR count). The maximum atomic E-state index is 10.5. The number of carboxylic acid groups (broad SMARTS) is 1. The maximum absolute atomic E-state index is 10.5. The van der Waals surface area contributed by atoms with Crippen LogP contribution in [0.3, 0.4) is 0 Å². The van der Waals surface area contributed by atoms with E-state index in [1.807, 2.05) is 0 Å². The van der Waals surface area contributed by atoms with Crippen LogP contribution in [-0.2, 0) is 4.79 Å². The first-order chi connectivity index (χ1) is 6.52. The molecule has 0 amide bonds. The van der Waals surface area contributed by atoms with Gasteiger partial charge < -0.3 is 10.2 Å². The molecule has 0 aliphatic rings. The smallest absolute Gasteiger partial charge is 0.334 e. The lowest BCUT2D eigenvalue weighted by Crippen LogP contribution is -2.11. The predicted octanol–water partition coefficient (Wildman–Crippen LogP) is 1.06. The minimum Gasteiger partial charge on any atom is -0.478 e. The van der Waals surface area contributed by atoms with E-state index in [4.69, 9.17) is 5.11 Å². The number of rotatable bonds is 3. The molecule has 2 N–H and O–H groups in total. The quantitative estimate of drug-likeness (QED) is 0.704. The van der Waals surface area contributed by atoms with E-state index in [1.165, 1.54) is 0 Å². The molecule has 0 fully saturated rings. The number of carbonyl (C=O) groups is 1. The molecule has 0 saturated heterocycles. The number of hydrogen-bond acceptors (Lipinski definition) is 3. The fourth-order valence-electron chi connectivity index (χ4n) is 1.01. The number of aryl methyl sites for hydroxylation is 1. The summed E-state index contributed by atoms with van der Waals surface area (Å²) in [6.07, 6.45) is -1.24. The Balaban J connectivity index is 2.95. The largest absolute Gasteiger partial charge is 0.478 e. The zero-order chi connectivity index (χ0) is 10.7. The minimum atomic E-state index is -1.24. The van der Waals surface area contributed by atoms with Gasteiger partial charge in [0.25, 0.3) is 0 Å². The third-order valence-electron chi connectivity index (χ3n) is 1.79. The highest BCUT2D eigenvalue weighted by molar-refractivity contribution is 5.87. The van der Waals surface area contributed by atoms with Crippen LogP contribution in [-0.4, -0.2) is 21.2 Å². The third kappa shape index (κ3) is 2.17. The van der Waals surface area contributed by atoms with Gasteiger partial charge in [0.05, 0.1) is 11.3 Å². The average molecular weight is 193 g/mol. The second-order valence-electron chi connectivity index (χ2n) is 2.94. The number of aliphatic hydroxyl groups excluding tert-OH is 1. The second kappa shape index (κ2) is 4.02. The van der Waals surface area contributed by atoms with Gasteiger partial charge in [0.1, 0.15) is 6.10 Å². The molecule has 0 spiro atoms. The molecule has 0 bridgehead atoms. The van der Waals surface area contributed by atoms with Gasteiger partial charge in [-0.3, -0.25) is 4.98 Å². The Morgan fingerprint density at radius 1 is 1.57 bits per heavy atom. The summed E-state index contributed by atoms with van der Waals surface area (Å²) in [7, 11) is 0. The number of hydrogen-bond donors (Lipinski definition) is 2. The van der Waals surface area contributed by atoms with Gasteiger partial charge in [-0.2, -0.15) is 0 Å². The number of pyridine rings is 1. The Morgan fingerprint density at radius 3 is 2.71 bits per heavy atom. The molecule has 0 saturated carbocycles. The van der Waals surface area contributed by atoms with E-state index < -0.39 is 12.1 Å². The van der Waals surface area contributed by atoms with E-state index in [1.54, 1.807) is 25.1 Å². The number of carboxylic acids is 1. The van der Waals surface area contributed by atoms with E-state index in [0.717, 1.165) is 5.69 Å². The standard InChI is InChI=1S/C10H11NO3/c1-6-4-3-5-8(11-6)9(12)7(2)10(13)14/h3-5,9,12H,2H2,1H3,(H,13,14). The highest BCUT2D eigenvalue weighted by Gasteiger charge is 2.18. The molecule has 14 heavy (non-hydrogen) atoms. The highest BCUT2D eigenvalue weighted by Crippen LogP contribution is 2.18. The topological polar surface area (TPSA) is 70.4 Å². The van der Waals surface area contributed by atoms with E-state index in [0.29, 0.717) is 5.69 Å². The van der Waals surface area contributed by atoms with Crippen LogP contribution < -0.4 is 0 Å². The van der Waals surface area contributed by atoms with Crippen LogP contribution in [0.5, 0.6) is 0 Å². The van der Waals surface area contributed by atoms with Gasteiger partial charge in [-0.15, -0.1) is 0 Å². The summed E-state index contributed by atoms with van der Waals surface area (Å²) in [5.41, 5.74) is 0.750. The molecule has 1 aromatic rings. The van der Waals surface area contributed by atoms with Gasteiger partial charge >= 0.3 is 5.97 Å². The summed E-state index contributed by atoms with van der Waals surface area (Å²) in [6.45, 7) is 5.03. The minimum absolute atomic E-state index is 0.275. The Kier molecular flexibility index (Phi) is 2.99. The van der Waals surface area contributed by atoms with Gasteiger partial charge in [-0.05, 0) is 19.1 Å². The lowest BCUT2D eigenvalue weighted by Gasteiger charge is -2.09. The Hall–Kier alpha value is -1.68. The van der Waals surface area contributed by atoms with Crippen LogP contribution in [0.4, 0.5) is 0 Å². The SMILES string of the molecule is C=C(C(=O)O)C(O)c1cccc(C)n1. The average Bonchev–Trinajstić information content (AvgIpc) is 2.15. The van der Waals surface area contributed by atoms with Crippen molar-refractivity contribution >= 4 is 5.97 Å². The van der Waals surface area contributed by atoms with Crippen molar-refractivity contribution in [2.75, 3.05) is 0 Å². The molecular weight excluding hydrogens is 182 g/mol. The molecule has 1 atom stereocenters. The lowest BCUT2D eigenvalue weighted by molar-refractivity contribution is -0.133. The molecule has 0 aliphatic carbocycles. The van der Waals surface area contributed by atoms with Gasteiger partial charge in [-0.1, -0.05) is 12.6 Å². The van der Waals surface area contributed by atoms with Gasteiger partial charge in [0.15, 0.2) is 0 Å². The van der Waals surface area contributed by atoms with Crippen molar-refractivity contribution in [2.45, 2.75) is 13.0 Å². The van der Waals surface area contributed by atoms with Crippen LogP contribution in [0.1, 0.15) is 17.5 Å². The van der Waals surface area contributed by atoms with E-state index in [-0.39, 0.29) is 5.57 Å². The van der Waals surface area contributed by atoms with Crippen molar-refractivity contribution in [1.29, 1.82) is 0 Å². The molecule has 4 nitrogen and oxygen atoms in total. The molecule has 0 aromatic carbocycles. The summed E-state index contributed by atoms with van der Waals surface area (Å²) >= 11 is 0. The Labute approximate surface area is 81.5 Å². The molecule has 0 radical (unpaired) electrons. The number of nitrogens with zero attached hydrogens (tertiary/aromatic N) is 1. The lowest BCUT2D eigenvalue weighted by atomic mass is 10.1.